The fourth-order valence-electron chi connectivity index (χ4n) is 6.51. The van der Waals surface area contributed by atoms with E-state index in [-0.39, 0.29) is 23.3 Å². The van der Waals surface area contributed by atoms with Gasteiger partial charge in [0.25, 0.3) is 0 Å². The van der Waals surface area contributed by atoms with Crippen LogP contribution in [0, 0.1) is 30.1 Å². The third-order valence-corrected chi connectivity index (χ3v) is 7.61. The first-order valence-corrected chi connectivity index (χ1v) is 11.6. The van der Waals surface area contributed by atoms with Crippen molar-refractivity contribution in [3.05, 3.63) is 35.4 Å². The Labute approximate surface area is 175 Å². The van der Waals surface area contributed by atoms with Crippen molar-refractivity contribution in [1.82, 2.24) is 10.6 Å². The van der Waals surface area contributed by atoms with Crippen molar-refractivity contribution in [2.24, 2.45) is 23.2 Å². The normalized spacial score (nSPS) is 30.8. The molecule has 1 aromatic rings. The predicted octanol–water partition coefficient (Wildman–Crippen LogP) is 4.68. The molecule has 29 heavy (non-hydrogen) atoms. The van der Waals surface area contributed by atoms with Gasteiger partial charge in [0.15, 0.2) is 0 Å². The first kappa shape index (κ1) is 20.4. The zero-order valence-electron chi connectivity index (χ0n) is 18.0. The number of aryl methyl sites for hydroxylation is 1. The van der Waals surface area contributed by atoms with Gasteiger partial charge in [0, 0.05) is 18.4 Å². The van der Waals surface area contributed by atoms with Crippen molar-refractivity contribution in [1.29, 1.82) is 0 Å². The Balaban J connectivity index is 1.20. The Bertz CT molecular complexity index is 704. The van der Waals surface area contributed by atoms with Crippen molar-refractivity contribution in [3.63, 3.8) is 0 Å². The highest BCUT2D eigenvalue weighted by Crippen LogP contribution is 2.60. The van der Waals surface area contributed by atoms with Crippen LogP contribution in [-0.4, -0.2) is 18.4 Å². The summed E-state index contributed by atoms with van der Waals surface area (Å²) in [7, 11) is 0. The molecule has 1 aromatic carbocycles. The average molecular weight is 397 g/mol. The lowest BCUT2D eigenvalue weighted by Gasteiger charge is -2.55. The van der Waals surface area contributed by atoms with E-state index in [9.17, 15) is 9.59 Å². The molecular formula is C25H36N2O2. The standard InChI is InChI=1S/C25H36N2O2/c1-3-22(21-8-6-17(2)7-9-21)27-23(28)5-4-10-26-24(29)25-14-18-11-19(15-25)13-20(12-18)16-25/h6-9,18-20,22H,3-5,10-16H2,1-2H3,(H,26,29)(H,27,28). The molecule has 4 aliphatic carbocycles. The molecule has 0 spiro atoms. The van der Waals surface area contributed by atoms with E-state index in [1.807, 2.05) is 0 Å². The van der Waals surface area contributed by atoms with Crippen LogP contribution in [0.15, 0.2) is 24.3 Å². The molecule has 4 nitrogen and oxygen atoms in total. The lowest BCUT2D eigenvalue weighted by Crippen LogP contribution is -2.53. The molecule has 0 aliphatic heterocycles. The van der Waals surface area contributed by atoms with Crippen LogP contribution >= 0.6 is 0 Å². The maximum atomic E-state index is 13.0. The number of benzene rings is 1. The van der Waals surface area contributed by atoms with Gasteiger partial charge < -0.3 is 10.6 Å². The quantitative estimate of drug-likeness (QED) is 0.627. The van der Waals surface area contributed by atoms with Gasteiger partial charge in [-0.15, -0.1) is 0 Å². The monoisotopic (exact) mass is 396 g/mol. The van der Waals surface area contributed by atoms with Crippen LogP contribution in [0.2, 0.25) is 0 Å². The summed E-state index contributed by atoms with van der Waals surface area (Å²) in [6.45, 7) is 4.77. The summed E-state index contributed by atoms with van der Waals surface area (Å²) in [5.41, 5.74) is 2.29. The van der Waals surface area contributed by atoms with Crippen molar-refractivity contribution in [2.45, 2.75) is 77.7 Å². The van der Waals surface area contributed by atoms with E-state index in [2.05, 4.69) is 48.7 Å². The fourth-order valence-corrected chi connectivity index (χ4v) is 6.51. The molecule has 2 amide bonds. The van der Waals surface area contributed by atoms with Crippen molar-refractivity contribution in [2.75, 3.05) is 6.54 Å². The third-order valence-electron chi connectivity index (χ3n) is 7.61. The Morgan fingerprint density at radius 3 is 2.17 bits per heavy atom. The van der Waals surface area contributed by atoms with Crippen molar-refractivity contribution >= 4 is 11.8 Å². The number of carbonyl (C=O) groups excluding carboxylic acids is 2. The van der Waals surface area contributed by atoms with Crippen LogP contribution in [0.1, 0.15) is 81.9 Å². The van der Waals surface area contributed by atoms with E-state index in [0.717, 1.165) is 49.0 Å². The lowest BCUT2D eigenvalue weighted by molar-refractivity contribution is -0.146. The smallest absolute Gasteiger partial charge is 0.226 e. The first-order valence-electron chi connectivity index (χ1n) is 11.6. The molecular weight excluding hydrogens is 360 g/mol. The Morgan fingerprint density at radius 2 is 1.62 bits per heavy atom. The molecule has 0 aromatic heterocycles. The molecule has 4 fully saturated rings. The Morgan fingerprint density at radius 1 is 1.03 bits per heavy atom. The van der Waals surface area contributed by atoms with Gasteiger partial charge in [-0.3, -0.25) is 9.59 Å². The summed E-state index contributed by atoms with van der Waals surface area (Å²) < 4.78 is 0. The number of amides is 2. The van der Waals surface area contributed by atoms with Gasteiger partial charge in [0.2, 0.25) is 11.8 Å². The number of hydrogen-bond donors (Lipinski definition) is 2. The summed E-state index contributed by atoms with van der Waals surface area (Å²) in [5.74, 6) is 2.69. The van der Waals surface area contributed by atoms with Gasteiger partial charge >= 0.3 is 0 Å². The minimum Gasteiger partial charge on any atom is -0.356 e. The van der Waals surface area contributed by atoms with Crippen LogP contribution < -0.4 is 10.6 Å². The van der Waals surface area contributed by atoms with Crippen LogP contribution in [-0.2, 0) is 9.59 Å². The summed E-state index contributed by atoms with van der Waals surface area (Å²) in [6.07, 6.45) is 9.39. The second kappa shape index (κ2) is 8.49. The predicted molar refractivity (Wildman–Crippen MR) is 115 cm³/mol. The van der Waals surface area contributed by atoms with Gasteiger partial charge in [-0.05, 0) is 81.6 Å². The first-order chi connectivity index (χ1) is 14.0. The molecule has 2 N–H and O–H groups in total. The van der Waals surface area contributed by atoms with Crippen LogP contribution in [0.4, 0.5) is 0 Å². The molecule has 4 aliphatic rings. The van der Waals surface area contributed by atoms with Gasteiger partial charge in [-0.2, -0.15) is 0 Å². The number of nitrogens with one attached hydrogen (secondary N) is 2. The molecule has 0 saturated heterocycles. The maximum Gasteiger partial charge on any atom is 0.226 e. The van der Waals surface area contributed by atoms with Crippen LogP contribution in [0.3, 0.4) is 0 Å². The molecule has 1 unspecified atom stereocenters. The molecule has 5 rings (SSSR count). The maximum absolute atomic E-state index is 13.0. The lowest BCUT2D eigenvalue weighted by atomic mass is 9.49. The second-order valence-electron chi connectivity index (χ2n) is 10.00. The average Bonchev–Trinajstić information content (AvgIpc) is 2.69. The van der Waals surface area contributed by atoms with E-state index in [4.69, 9.17) is 0 Å². The fraction of sp³-hybridized carbons (Fsp3) is 0.680. The third kappa shape index (κ3) is 4.51. The van der Waals surface area contributed by atoms with E-state index in [1.165, 1.54) is 24.8 Å². The summed E-state index contributed by atoms with van der Waals surface area (Å²) in [6, 6.07) is 8.42. The molecule has 4 heteroatoms. The molecule has 158 valence electrons. The van der Waals surface area contributed by atoms with Crippen LogP contribution in [0.5, 0.6) is 0 Å². The SMILES string of the molecule is CCC(NC(=O)CCCNC(=O)C12CC3CC(CC(C3)C1)C2)c1ccc(C)cc1. The molecule has 4 saturated carbocycles. The number of carbonyl (C=O) groups is 2. The largest absolute Gasteiger partial charge is 0.356 e. The minimum absolute atomic E-state index is 0.0599. The van der Waals surface area contributed by atoms with Gasteiger partial charge in [0.1, 0.15) is 0 Å². The summed E-state index contributed by atoms with van der Waals surface area (Å²) >= 11 is 0. The van der Waals surface area contributed by atoms with E-state index in [0.29, 0.717) is 19.4 Å². The molecule has 1 atom stereocenters. The molecule has 0 radical (unpaired) electrons. The molecule has 0 heterocycles. The van der Waals surface area contributed by atoms with E-state index < -0.39 is 0 Å². The minimum atomic E-state index is -0.0875. The van der Waals surface area contributed by atoms with Gasteiger partial charge in [0.05, 0.1) is 6.04 Å². The van der Waals surface area contributed by atoms with Crippen molar-refractivity contribution < 1.29 is 9.59 Å². The topological polar surface area (TPSA) is 58.2 Å². The summed E-state index contributed by atoms with van der Waals surface area (Å²) in [4.78, 5) is 25.4. The Kier molecular flexibility index (Phi) is 5.98. The number of rotatable bonds is 8. The van der Waals surface area contributed by atoms with Gasteiger partial charge in [-0.25, -0.2) is 0 Å². The summed E-state index contributed by atoms with van der Waals surface area (Å²) in [5, 5.41) is 6.33. The van der Waals surface area contributed by atoms with E-state index in [1.54, 1.807) is 0 Å². The van der Waals surface area contributed by atoms with Gasteiger partial charge in [-0.1, -0.05) is 36.8 Å². The number of hydrogen-bond acceptors (Lipinski definition) is 2. The highest BCUT2D eigenvalue weighted by Gasteiger charge is 2.54. The zero-order valence-corrected chi connectivity index (χ0v) is 18.0. The Hall–Kier alpha value is -1.84. The zero-order chi connectivity index (χ0) is 20.4. The van der Waals surface area contributed by atoms with Crippen LogP contribution in [0.25, 0.3) is 0 Å². The second-order valence-corrected chi connectivity index (χ2v) is 10.00. The van der Waals surface area contributed by atoms with Crippen molar-refractivity contribution in [3.8, 4) is 0 Å². The highest BCUT2D eigenvalue weighted by atomic mass is 16.2. The van der Waals surface area contributed by atoms with E-state index >= 15 is 0 Å². The molecule has 4 bridgehead atoms. The highest BCUT2D eigenvalue weighted by molar-refractivity contribution is 5.83.